The molecule has 0 spiro atoms. The van der Waals surface area contributed by atoms with Crippen molar-refractivity contribution in [1.82, 2.24) is 0 Å². The van der Waals surface area contributed by atoms with E-state index >= 15 is 0 Å². The van der Waals surface area contributed by atoms with Gasteiger partial charge in [-0.3, -0.25) is 4.79 Å². The summed E-state index contributed by atoms with van der Waals surface area (Å²) >= 11 is 0. The normalized spacial score (nSPS) is 20.1. The molecule has 1 heterocycles. The van der Waals surface area contributed by atoms with Crippen molar-refractivity contribution in [3.8, 4) is 0 Å². The molecule has 6 heteroatoms. The fourth-order valence-corrected chi connectivity index (χ4v) is 1.48. The molecular weight excluding hydrogens is 228 g/mol. The van der Waals surface area contributed by atoms with Crippen molar-refractivity contribution < 1.29 is 29.3 Å². The number of aliphatic carboxylic acids is 1. The van der Waals surface area contributed by atoms with Crippen molar-refractivity contribution in [1.29, 1.82) is 0 Å². The van der Waals surface area contributed by atoms with Crippen LogP contribution in [0.15, 0.2) is 35.0 Å². The zero-order valence-corrected chi connectivity index (χ0v) is 8.76. The molecule has 0 aromatic carbocycles. The maximum Gasteiger partial charge on any atom is 0.331 e. The monoisotopic (exact) mass is 237 g/mol. The number of allylic oxidation sites excluding steroid dienone is 3. The molecule has 0 saturated heterocycles. The van der Waals surface area contributed by atoms with Crippen LogP contribution in [0.4, 0.5) is 0 Å². The summed E-state index contributed by atoms with van der Waals surface area (Å²) in [6, 6.07) is 0. The van der Waals surface area contributed by atoms with E-state index in [0.717, 1.165) is 6.08 Å². The fourth-order valence-electron chi connectivity index (χ4n) is 1.48. The summed E-state index contributed by atoms with van der Waals surface area (Å²) in [5, 5.41) is 20.3. The smallest absolute Gasteiger partial charge is 0.331 e. The summed E-state index contributed by atoms with van der Waals surface area (Å²) in [6.45, 7) is 0.100. The SMILES string of the molecule is O=C1CCOC2=C(C=C([O-])CC(C(=O)O)=C2)O1. The predicted octanol–water partition coefficient (Wildman–Crippen LogP) is -0.180. The highest BCUT2D eigenvalue weighted by atomic mass is 16.6. The van der Waals surface area contributed by atoms with E-state index in [9.17, 15) is 14.7 Å². The van der Waals surface area contributed by atoms with Crippen molar-refractivity contribution in [2.24, 2.45) is 0 Å². The van der Waals surface area contributed by atoms with E-state index in [1.807, 2.05) is 0 Å². The molecule has 0 unspecified atom stereocenters. The van der Waals surface area contributed by atoms with Gasteiger partial charge in [-0.25, -0.2) is 4.79 Å². The summed E-state index contributed by atoms with van der Waals surface area (Å²) in [7, 11) is 0. The third kappa shape index (κ3) is 2.47. The van der Waals surface area contributed by atoms with Gasteiger partial charge in [0.05, 0.1) is 13.0 Å². The molecule has 0 saturated carbocycles. The first kappa shape index (κ1) is 11.3. The highest BCUT2D eigenvalue weighted by Crippen LogP contribution is 2.24. The predicted molar refractivity (Wildman–Crippen MR) is 52.1 cm³/mol. The molecule has 0 amide bonds. The highest BCUT2D eigenvalue weighted by Gasteiger charge is 2.20. The van der Waals surface area contributed by atoms with E-state index in [2.05, 4.69) is 0 Å². The number of carbonyl (C=O) groups is 2. The molecule has 17 heavy (non-hydrogen) atoms. The average molecular weight is 237 g/mol. The van der Waals surface area contributed by atoms with Gasteiger partial charge in [-0.2, -0.15) is 0 Å². The lowest BCUT2D eigenvalue weighted by atomic mass is 10.1. The molecule has 90 valence electrons. The molecule has 0 aromatic rings. The van der Waals surface area contributed by atoms with Gasteiger partial charge in [-0.1, -0.05) is 0 Å². The number of carbonyl (C=O) groups excluding carboxylic acids is 1. The fraction of sp³-hybridized carbons (Fsp3) is 0.273. The van der Waals surface area contributed by atoms with Crippen LogP contribution in [-0.4, -0.2) is 23.7 Å². The van der Waals surface area contributed by atoms with Crippen LogP contribution in [0.3, 0.4) is 0 Å². The minimum atomic E-state index is -1.19. The Morgan fingerprint density at radius 3 is 2.82 bits per heavy atom. The lowest BCUT2D eigenvalue weighted by Crippen LogP contribution is -2.09. The molecule has 0 fully saturated rings. The lowest BCUT2D eigenvalue weighted by Gasteiger charge is -2.10. The van der Waals surface area contributed by atoms with Crippen LogP contribution in [0, 0.1) is 0 Å². The Morgan fingerprint density at radius 1 is 1.35 bits per heavy atom. The number of rotatable bonds is 1. The Kier molecular flexibility index (Phi) is 2.86. The number of carboxylic acids is 1. The second-order valence-corrected chi connectivity index (χ2v) is 3.56. The molecule has 1 aliphatic heterocycles. The van der Waals surface area contributed by atoms with E-state index in [1.165, 1.54) is 6.08 Å². The van der Waals surface area contributed by atoms with Gasteiger partial charge in [0.25, 0.3) is 0 Å². The van der Waals surface area contributed by atoms with E-state index in [0.29, 0.717) is 0 Å². The Labute approximate surface area is 96.4 Å². The minimum absolute atomic E-state index is 0.0197. The molecule has 1 aliphatic carbocycles. The summed E-state index contributed by atoms with van der Waals surface area (Å²) in [4.78, 5) is 22.0. The van der Waals surface area contributed by atoms with Crippen molar-refractivity contribution >= 4 is 11.9 Å². The molecule has 0 atom stereocenters. The topological polar surface area (TPSA) is 95.9 Å². The van der Waals surface area contributed by atoms with Gasteiger partial charge in [0.1, 0.15) is 0 Å². The van der Waals surface area contributed by atoms with Crippen LogP contribution < -0.4 is 5.11 Å². The van der Waals surface area contributed by atoms with Crippen LogP contribution >= 0.6 is 0 Å². The van der Waals surface area contributed by atoms with Crippen molar-refractivity contribution in [3.05, 3.63) is 35.0 Å². The highest BCUT2D eigenvalue weighted by molar-refractivity contribution is 5.88. The van der Waals surface area contributed by atoms with Crippen molar-refractivity contribution in [2.75, 3.05) is 6.61 Å². The Balaban J connectivity index is 2.44. The number of carboxylic acid groups (broad SMARTS) is 1. The quantitative estimate of drug-likeness (QED) is 0.635. The Bertz CT molecular complexity index is 468. The Morgan fingerprint density at radius 2 is 2.12 bits per heavy atom. The van der Waals surface area contributed by atoms with E-state index in [-0.39, 0.29) is 36.5 Å². The zero-order valence-electron chi connectivity index (χ0n) is 8.76. The van der Waals surface area contributed by atoms with Gasteiger partial charge in [-0.05, 0) is 18.6 Å². The van der Waals surface area contributed by atoms with Gasteiger partial charge in [0, 0.05) is 5.57 Å². The summed E-state index contributed by atoms with van der Waals surface area (Å²) in [5.41, 5.74) is -0.0887. The van der Waals surface area contributed by atoms with Crippen LogP contribution in [0.5, 0.6) is 0 Å². The largest absolute Gasteiger partial charge is 0.875 e. The van der Waals surface area contributed by atoms with Gasteiger partial charge in [-0.15, -0.1) is 5.76 Å². The molecule has 2 rings (SSSR count). The molecule has 0 radical (unpaired) electrons. The average Bonchev–Trinajstić information content (AvgIpc) is 2.47. The number of ether oxygens (including phenoxy) is 2. The van der Waals surface area contributed by atoms with Crippen molar-refractivity contribution in [2.45, 2.75) is 12.8 Å². The second kappa shape index (κ2) is 4.32. The minimum Gasteiger partial charge on any atom is -0.875 e. The van der Waals surface area contributed by atoms with Gasteiger partial charge in [0.2, 0.25) is 0 Å². The first-order valence-electron chi connectivity index (χ1n) is 4.95. The van der Waals surface area contributed by atoms with E-state index in [1.54, 1.807) is 0 Å². The first-order valence-corrected chi connectivity index (χ1v) is 4.95. The summed E-state index contributed by atoms with van der Waals surface area (Å²) in [6.07, 6.45) is 2.12. The van der Waals surface area contributed by atoms with E-state index in [4.69, 9.17) is 14.6 Å². The maximum absolute atomic E-state index is 11.4. The second-order valence-electron chi connectivity index (χ2n) is 3.56. The van der Waals surface area contributed by atoms with Crippen LogP contribution in [0.25, 0.3) is 0 Å². The standard InChI is InChI=1S/C11H10O6/c12-7-3-6(11(14)15)4-8-9(5-7)17-10(13)1-2-16-8/h4-5,12H,1-3H2,(H,14,15)/p-1. The third-order valence-corrected chi connectivity index (χ3v) is 2.27. The maximum atomic E-state index is 11.4. The molecule has 1 N–H and O–H groups in total. The van der Waals surface area contributed by atoms with Crippen molar-refractivity contribution in [3.63, 3.8) is 0 Å². The van der Waals surface area contributed by atoms with Crippen LogP contribution in [-0.2, 0) is 19.1 Å². The summed E-state index contributed by atoms with van der Waals surface area (Å²) < 4.78 is 10.1. The number of esters is 1. The molecule has 0 aromatic heterocycles. The molecule has 2 aliphatic rings. The third-order valence-electron chi connectivity index (χ3n) is 2.27. The number of hydrogen-bond acceptors (Lipinski definition) is 5. The van der Waals surface area contributed by atoms with Crippen LogP contribution in [0.2, 0.25) is 0 Å². The summed E-state index contributed by atoms with van der Waals surface area (Å²) in [5.74, 6) is -2.05. The van der Waals surface area contributed by atoms with Gasteiger partial charge in [0.15, 0.2) is 11.5 Å². The van der Waals surface area contributed by atoms with Gasteiger partial charge >= 0.3 is 11.9 Å². The lowest BCUT2D eigenvalue weighted by molar-refractivity contribution is -0.305. The molecule has 0 bridgehead atoms. The molecule has 6 nitrogen and oxygen atoms in total. The van der Waals surface area contributed by atoms with Crippen LogP contribution in [0.1, 0.15) is 12.8 Å². The number of hydrogen-bond donors (Lipinski definition) is 1. The van der Waals surface area contributed by atoms with Gasteiger partial charge < -0.3 is 19.7 Å². The first-order chi connectivity index (χ1) is 8.06. The molecular formula is C11H9O6-. The zero-order chi connectivity index (χ0) is 12.4. The van der Waals surface area contributed by atoms with E-state index < -0.39 is 17.7 Å². The Hall–Kier alpha value is -2.24.